The smallest absolute Gasteiger partial charge is 0.243 e. The maximum absolute atomic E-state index is 13.0. The minimum absolute atomic E-state index is 0.0543. The highest BCUT2D eigenvalue weighted by molar-refractivity contribution is 7.89. The minimum Gasteiger partial charge on any atom is -0.326 e. The molecular formula is C19H22N4O4S2. The van der Waals surface area contributed by atoms with E-state index in [0.717, 1.165) is 11.3 Å². The van der Waals surface area contributed by atoms with Crippen molar-refractivity contribution in [1.82, 2.24) is 9.29 Å². The predicted molar refractivity (Wildman–Crippen MR) is 110 cm³/mol. The summed E-state index contributed by atoms with van der Waals surface area (Å²) >= 11 is 1.38. The standard InChI is InChI=1S/C19H22N4O4S2/c1-12-11-28-19(20-12)22-18(25)13-6-8-23(9-7-13)29(26,27)15-3-4-16-14(10-15)2-5-17(24)21-16/h3-4,10-11,13H,2,5-9H2,1H3,(H,21,24)(H,20,22,25). The zero-order valence-electron chi connectivity index (χ0n) is 16.0. The van der Waals surface area contributed by atoms with E-state index in [2.05, 4.69) is 15.6 Å². The lowest BCUT2D eigenvalue weighted by Crippen LogP contribution is -2.41. The van der Waals surface area contributed by atoms with Crippen molar-refractivity contribution in [2.24, 2.45) is 5.92 Å². The van der Waals surface area contributed by atoms with Gasteiger partial charge in [0.2, 0.25) is 21.8 Å². The quantitative estimate of drug-likeness (QED) is 0.768. The molecule has 0 atom stereocenters. The van der Waals surface area contributed by atoms with E-state index in [1.807, 2.05) is 12.3 Å². The highest BCUT2D eigenvalue weighted by Gasteiger charge is 2.33. The number of nitrogens with zero attached hydrogens (tertiary/aromatic N) is 2. The highest BCUT2D eigenvalue weighted by Crippen LogP contribution is 2.29. The van der Waals surface area contributed by atoms with E-state index in [1.54, 1.807) is 12.1 Å². The molecule has 0 spiro atoms. The molecule has 8 nitrogen and oxygen atoms in total. The highest BCUT2D eigenvalue weighted by atomic mass is 32.2. The summed E-state index contributed by atoms with van der Waals surface area (Å²) in [6.07, 6.45) is 1.82. The molecule has 1 aromatic heterocycles. The Labute approximate surface area is 173 Å². The summed E-state index contributed by atoms with van der Waals surface area (Å²) in [4.78, 5) is 28.4. The monoisotopic (exact) mass is 434 g/mol. The zero-order chi connectivity index (χ0) is 20.6. The molecular weight excluding hydrogens is 412 g/mol. The third kappa shape index (κ3) is 4.19. The number of carbonyl (C=O) groups is 2. The number of carbonyl (C=O) groups excluding carboxylic acids is 2. The van der Waals surface area contributed by atoms with Crippen LogP contribution >= 0.6 is 11.3 Å². The summed E-state index contributed by atoms with van der Waals surface area (Å²) in [5.74, 6) is -0.397. The molecule has 2 N–H and O–H groups in total. The molecule has 1 aromatic carbocycles. The second-order valence-corrected chi connectivity index (χ2v) is 10.1. The average molecular weight is 435 g/mol. The van der Waals surface area contributed by atoms with Crippen LogP contribution in [-0.4, -0.2) is 42.6 Å². The van der Waals surface area contributed by atoms with Crippen LogP contribution in [-0.2, 0) is 26.0 Å². The van der Waals surface area contributed by atoms with Gasteiger partial charge in [-0.2, -0.15) is 4.31 Å². The van der Waals surface area contributed by atoms with Crippen molar-refractivity contribution in [1.29, 1.82) is 0 Å². The number of amides is 2. The van der Waals surface area contributed by atoms with Gasteiger partial charge in [0.1, 0.15) is 0 Å². The second kappa shape index (κ2) is 7.85. The van der Waals surface area contributed by atoms with Gasteiger partial charge >= 0.3 is 0 Å². The average Bonchev–Trinajstić information content (AvgIpc) is 3.12. The molecule has 0 bridgehead atoms. The molecule has 2 amide bonds. The number of aromatic nitrogens is 1. The van der Waals surface area contributed by atoms with Gasteiger partial charge in [0.05, 0.1) is 10.6 Å². The van der Waals surface area contributed by atoms with Gasteiger partial charge < -0.3 is 10.6 Å². The van der Waals surface area contributed by atoms with Gasteiger partial charge in [-0.3, -0.25) is 9.59 Å². The van der Waals surface area contributed by atoms with Crippen LogP contribution in [0.25, 0.3) is 0 Å². The third-order valence-electron chi connectivity index (χ3n) is 5.28. The van der Waals surface area contributed by atoms with E-state index in [-0.39, 0.29) is 22.6 Å². The van der Waals surface area contributed by atoms with E-state index in [0.29, 0.717) is 49.6 Å². The van der Waals surface area contributed by atoms with Gasteiger partial charge in [-0.15, -0.1) is 11.3 Å². The number of benzene rings is 1. The van der Waals surface area contributed by atoms with Crippen LogP contribution in [0.15, 0.2) is 28.5 Å². The predicted octanol–water partition coefficient (Wildman–Crippen LogP) is 2.38. The summed E-state index contributed by atoms with van der Waals surface area (Å²) in [6.45, 7) is 2.46. The van der Waals surface area contributed by atoms with Crippen LogP contribution in [0, 0.1) is 12.8 Å². The molecule has 0 saturated carbocycles. The van der Waals surface area contributed by atoms with Gasteiger partial charge in [0, 0.05) is 36.5 Å². The number of sulfonamides is 1. The van der Waals surface area contributed by atoms with Crippen LogP contribution in [0.3, 0.4) is 0 Å². The van der Waals surface area contributed by atoms with Gasteiger partial charge in [0.25, 0.3) is 0 Å². The van der Waals surface area contributed by atoms with Crippen molar-refractivity contribution < 1.29 is 18.0 Å². The normalized spacial score (nSPS) is 18.2. The molecule has 10 heteroatoms. The maximum Gasteiger partial charge on any atom is 0.243 e. The molecule has 3 heterocycles. The summed E-state index contributed by atoms with van der Waals surface area (Å²) in [7, 11) is -3.64. The molecule has 2 aliphatic rings. The van der Waals surface area contributed by atoms with Crippen molar-refractivity contribution in [3.63, 3.8) is 0 Å². The molecule has 154 valence electrons. The maximum atomic E-state index is 13.0. The number of rotatable bonds is 4. The second-order valence-electron chi connectivity index (χ2n) is 7.33. The van der Waals surface area contributed by atoms with E-state index >= 15 is 0 Å². The summed E-state index contributed by atoms with van der Waals surface area (Å²) in [5.41, 5.74) is 2.36. The van der Waals surface area contributed by atoms with E-state index in [4.69, 9.17) is 0 Å². The molecule has 1 saturated heterocycles. The van der Waals surface area contributed by atoms with Crippen LogP contribution in [0.1, 0.15) is 30.5 Å². The first kappa shape index (κ1) is 20.0. The molecule has 2 aliphatic heterocycles. The number of piperidine rings is 1. The van der Waals surface area contributed by atoms with Gasteiger partial charge in [-0.1, -0.05) is 0 Å². The number of hydrogen-bond donors (Lipinski definition) is 2. The Bertz CT molecular complexity index is 1060. The van der Waals surface area contributed by atoms with Gasteiger partial charge in [-0.25, -0.2) is 13.4 Å². The molecule has 4 rings (SSSR count). The topological polar surface area (TPSA) is 108 Å². The number of aryl methyl sites for hydroxylation is 2. The Kier molecular flexibility index (Phi) is 5.41. The van der Waals surface area contributed by atoms with Crippen molar-refractivity contribution in [3.05, 3.63) is 34.8 Å². The molecule has 2 aromatic rings. The molecule has 0 aliphatic carbocycles. The number of nitrogens with one attached hydrogen (secondary N) is 2. The lowest BCUT2D eigenvalue weighted by molar-refractivity contribution is -0.121. The largest absolute Gasteiger partial charge is 0.326 e. The first-order valence-corrected chi connectivity index (χ1v) is 11.8. The van der Waals surface area contributed by atoms with Crippen LogP contribution in [0.2, 0.25) is 0 Å². The Balaban J connectivity index is 1.41. The first-order valence-electron chi connectivity index (χ1n) is 9.49. The van der Waals surface area contributed by atoms with Crippen LogP contribution in [0.4, 0.5) is 10.8 Å². The fourth-order valence-electron chi connectivity index (χ4n) is 3.65. The SMILES string of the molecule is Cc1csc(NC(=O)C2CCN(S(=O)(=O)c3ccc4c(c3)CCC(=O)N4)CC2)n1. The molecule has 29 heavy (non-hydrogen) atoms. The minimum atomic E-state index is -3.64. The summed E-state index contributed by atoms with van der Waals surface area (Å²) in [6, 6.07) is 4.83. The Hall–Kier alpha value is -2.30. The van der Waals surface area contributed by atoms with E-state index in [9.17, 15) is 18.0 Å². The number of thiazole rings is 1. The van der Waals surface area contributed by atoms with Gasteiger partial charge in [-0.05, 0) is 49.9 Å². The van der Waals surface area contributed by atoms with Crippen molar-refractivity contribution in [2.45, 2.75) is 37.5 Å². The Morgan fingerprint density at radius 2 is 2.03 bits per heavy atom. The van der Waals surface area contributed by atoms with Crippen molar-refractivity contribution >= 4 is 44.0 Å². The van der Waals surface area contributed by atoms with Crippen molar-refractivity contribution in [3.8, 4) is 0 Å². The lowest BCUT2D eigenvalue weighted by atomic mass is 9.97. The summed E-state index contributed by atoms with van der Waals surface area (Å²) < 4.78 is 27.5. The number of hydrogen-bond acceptors (Lipinski definition) is 6. The van der Waals surface area contributed by atoms with E-state index < -0.39 is 10.0 Å². The molecule has 1 fully saturated rings. The molecule has 0 radical (unpaired) electrons. The fraction of sp³-hybridized carbons (Fsp3) is 0.421. The summed E-state index contributed by atoms with van der Waals surface area (Å²) in [5, 5.41) is 8.03. The Morgan fingerprint density at radius 1 is 1.28 bits per heavy atom. The first-order chi connectivity index (χ1) is 13.8. The van der Waals surface area contributed by atoms with E-state index in [1.165, 1.54) is 21.7 Å². The Morgan fingerprint density at radius 3 is 2.72 bits per heavy atom. The number of fused-ring (bicyclic) bond motifs is 1. The van der Waals surface area contributed by atoms with Crippen LogP contribution < -0.4 is 10.6 Å². The van der Waals surface area contributed by atoms with Crippen molar-refractivity contribution in [2.75, 3.05) is 23.7 Å². The lowest BCUT2D eigenvalue weighted by Gasteiger charge is -2.30. The third-order valence-corrected chi connectivity index (χ3v) is 8.05. The molecule has 0 unspecified atom stereocenters. The van der Waals surface area contributed by atoms with Gasteiger partial charge in [0.15, 0.2) is 5.13 Å². The number of anilines is 2. The van der Waals surface area contributed by atoms with Crippen LogP contribution in [0.5, 0.6) is 0 Å². The zero-order valence-corrected chi connectivity index (χ0v) is 17.6. The fourth-order valence-corrected chi connectivity index (χ4v) is 5.86.